The second-order valence-corrected chi connectivity index (χ2v) is 5.34. The largest absolute Gasteiger partial charge is 0.423 e. The molecular weight excluding hydrogens is 287 g/mol. The molecule has 0 aliphatic carbocycles. The van der Waals surface area contributed by atoms with Crippen molar-refractivity contribution in [3.8, 4) is 0 Å². The van der Waals surface area contributed by atoms with E-state index in [4.69, 9.17) is 4.42 Å². The molecule has 0 radical (unpaired) electrons. The minimum atomic E-state index is -0.401. The first-order valence-electron chi connectivity index (χ1n) is 7.21. The number of amides is 1. The van der Waals surface area contributed by atoms with E-state index in [1.807, 2.05) is 6.92 Å². The maximum Gasteiger partial charge on any atom is 0.238 e. The lowest BCUT2D eigenvalue weighted by molar-refractivity contribution is -0.117. The van der Waals surface area contributed by atoms with Gasteiger partial charge in [0.15, 0.2) is 0 Å². The number of anilines is 2. The summed E-state index contributed by atoms with van der Waals surface area (Å²) in [4.78, 5) is 13.3. The molecule has 0 saturated carbocycles. The predicted molar refractivity (Wildman–Crippen MR) is 79.1 cm³/mol. The zero-order valence-electron chi connectivity index (χ0n) is 12.5. The lowest BCUT2D eigenvalue weighted by Gasteiger charge is -2.19. The van der Waals surface area contributed by atoms with Gasteiger partial charge in [-0.05, 0) is 31.5 Å². The third-order valence-electron chi connectivity index (χ3n) is 3.61. The van der Waals surface area contributed by atoms with Crippen molar-refractivity contribution in [2.45, 2.75) is 32.7 Å². The lowest BCUT2D eigenvalue weighted by atomic mass is 10.2. The molecule has 1 saturated heterocycles. The van der Waals surface area contributed by atoms with E-state index in [2.05, 4.69) is 15.5 Å². The summed E-state index contributed by atoms with van der Waals surface area (Å²) < 4.78 is 19.4. The topological polar surface area (TPSA) is 71.3 Å². The smallest absolute Gasteiger partial charge is 0.238 e. The van der Waals surface area contributed by atoms with Crippen LogP contribution >= 0.6 is 0 Å². The summed E-state index contributed by atoms with van der Waals surface area (Å²) in [7, 11) is 0. The van der Waals surface area contributed by atoms with E-state index in [-0.39, 0.29) is 11.9 Å². The highest BCUT2D eigenvalue weighted by Crippen LogP contribution is 2.29. The van der Waals surface area contributed by atoms with Gasteiger partial charge < -0.3 is 14.6 Å². The Labute approximate surface area is 127 Å². The maximum atomic E-state index is 14.0. The van der Waals surface area contributed by atoms with Gasteiger partial charge in [-0.15, -0.1) is 10.2 Å². The van der Waals surface area contributed by atoms with Crippen LogP contribution in [0.4, 0.5) is 15.8 Å². The summed E-state index contributed by atoms with van der Waals surface area (Å²) >= 11 is 0. The molecule has 3 rings (SSSR count). The Kier molecular flexibility index (Phi) is 3.79. The third kappa shape index (κ3) is 2.79. The zero-order chi connectivity index (χ0) is 15.7. The monoisotopic (exact) mass is 304 g/mol. The summed E-state index contributed by atoms with van der Waals surface area (Å²) in [5.74, 6) is 0.505. The summed E-state index contributed by atoms with van der Waals surface area (Å²) in [6, 6.07) is 4.40. The molecular formula is C15H17FN4O2. The minimum Gasteiger partial charge on any atom is -0.423 e. The fraction of sp³-hybridized carbons (Fsp3) is 0.400. The molecule has 7 heteroatoms. The first kappa shape index (κ1) is 14.5. The number of benzene rings is 1. The molecule has 1 aromatic carbocycles. The zero-order valence-corrected chi connectivity index (χ0v) is 12.5. The number of hydrogen-bond donors (Lipinski definition) is 1. The van der Waals surface area contributed by atoms with Crippen LogP contribution in [0.2, 0.25) is 0 Å². The summed E-state index contributed by atoms with van der Waals surface area (Å²) in [5.41, 5.74) is 1.00. The number of nitrogens with zero attached hydrogens (tertiary/aromatic N) is 3. The van der Waals surface area contributed by atoms with E-state index in [0.717, 1.165) is 6.42 Å². The third-order valence-corrected chi connectivity index (χ3v) is 3.61. The molecule has 1 aliphatic heterocycles. The Morgan fingerprint density at radius 2 is 2.23 bits per heavy atom. The summed E-state index contributed by atoms with van der Waals surface area (Å²) in [5, 5.41) is 10.9. The highest BCUT2D eigenvalue weighted by molar-refractivity contribution is 5.95. The fourth-order valence-corrected chi connectivity index (χ4v) is 2.51. The SMILES string of the molecule is Cc1nnc([C@@H](C)Nc2ccc(F)c(N3CCCC3=O)c2)o1. The molecule has 0 bridgehead atoms. The number of carbonyl (C=O) groups is 1. The highest BCUT2D eigenvalue weighted by Gasteiger charge is 2.24. The molecule has 1 fully saturated rings. The first-order chi connectivity index (χ1) is 10.5. The number of nitrogens with one attached hydrogen (secondary N) is 1. The highest BCUT2D eigenvalue weighted by atomic mass is 19.1. The van der Waals surface area contributed by atoms with Gasteiger partial charge in [-0.3, -0.25) is 4.79 Å². The molecule has 2 heterocycles. The number of aryl methyl sites for hydroxylation is 1. The Bertz CT molecular complexity index is 701. The van der Waals surface area contributed by atoms with Gasteiger partial charge in [-0.1, -0.05) is 0 Å². The van der Waals surface area contributed by atoms with Crippen LogP contribution in [0.5, 0.6) is 0 Å². The van der Waals surface area contributed by atoms with Gasteiger partial charge in [0.2, 0.25) is 17.7 Å². The van der Waals surface area contributed by atoms with Crippen LogP contribution in [0, 0.1) is 12.7 Å². The first-order valence-corrected chi connectivity index (χ1v) is 7.21. The Balaban J connectivity index is 1.81. The standard InChI is InChI=1S/C15H17FN4O2/c1-9(15-19-18-10(2)22-15)17-11-5-6-12(16)13(8-11)20-7-3-4-14(20)21/h5-6,8-9,17H,3-4,7H2,1-2H3/t9-/m1/s1. The van der Waals surface area contributed by atoms with Crippen LogP contribution in [-0.2, 0) is 4.79 Å². The average Bonchev–Trinajstić information content (AvgIpc) is 3.10. The van der Waals surface area contributed by atoms with Crippen molar-refractivity contribution in [3.63, 3.8) is 0 Å². The molecule has 1 aliphatic rings. The molecule has 116 valence electrons. The van der Waals surface area contributed by atoms with E-state index < -0.39 is 5.82 Å². The maximum absolute atomic E-state index is 14.0. The van der Waals surface area contributed by atoms with Crippen LogP contribution in [0.1, 0.15) is 37.6 Å². The molecule has 6 nitrogen and oxygen atoms in total. The van der Waals surface area contributed by atoms with Crippen LogP contribution < -0.4 is 10.2 Å². The second kappa shape index (κ2) is 5.75. The number of aromatic nitrogens is 2. The van der Waals surface area contributed by atoms with Gasteiger partial charge in [0.05, 0.1) is 5.69 Å². The van der Waals surface area contributed by atoms with Gasteiger partial charge in [-0.25, -0.2) is 4.39 Å². The van der Waals surface area contributed by atoms with Crippen molar-refractivity contribution in [2.75, 3.05) is 16.8 Å². The molecule has 2 aromatic rings. The van der Waals surface area contributed by atoms with E-state index >= 15 is 0 Å². The predicted octanol–water partition coefficient (Wildman–Crippen LogP) is 2.82. The van der Waals surface area contributed by atoms with Crippen molar-refractivity contribution in [3.05, 3.63) is 35.8 Å². The number of carbonyl (C=O) groups excluding carboxylic acids is 1. The Morgan fingerprint density at radius 1 is 1.41 bits per heavy atom. The van der Waals surface area contributed by atoms with E-state index in [0.29, 0.717) is 36.1 Å². The average molecular weight is 304 g/mol. The molecule has 1 amide bonds. The Morgan fingerprint density at radius 3 is 2.86 bits per heavy atom. The number of rotatable bonds is 4. The Hall–Kier alpha value is -2.44. The van der Waals surface area contributed by atoms with Crippen molar-refractivity contribution in [2.24, 2.45) is 0 Å². The van der Waals surface area contributed by atoms with Crippen LogP contribution in [0.3, 0.4) is 0 Å². The quantitative estimate of drug-likeness (QED) is 0.940. The van der Waals surface area contributed by atoms with E-state index in [1.165, 1.54) is 11.0 Å². The van der Waals surface area contributed by atoms with Gasteiger partial charge in [0.1, 0.15) is 11.9 Å². The fourth-order valence-electron chi connectivity index (χ4n) is 2.51. The summed E-state index contributed by atoms with van der Waals surface area (Å²) in [6.07, 6.45) is 1.22. The number of hydrogen-bond acceptors (Lipinski definition) is 5. The molecule has 1 aromatic heterocycles. The second-order valence-electron chi connectivity index (χ2n) is 5.34. The van der Waals surface area contributed by atoms with E-state index in [9.17, 15) is 9.18 Å². The summed E-state index contributed by atoms with van der Waals surface area (Å²) in [6.45, 7) is 4.15. The normalized spacial score (nSPS) is 16.1. The van der Waals surface area contributed by atoms with Crippen LogP contribution in [0.15, 0.2) is 22.6 Å². The van der Waals surface area contributed by atoms with Gasteiger partial charge in [0.25, 0.3) is 0 Å². The molecule has 22 heavy (non-hydrogen) atoms. The van der Waals surface area contributed by atoms with Crippen molar-refractivity contribution >= 4 is 17.3 Å². The van der Waals surface area contributed by atoms with Gasteiger partial charge in [-0.2, -0.15) is 0 Å². The lowest BCUT2D eigenvalue weighted by Crippen LogP contribution is -2.24. The number of halogens is 1. The van der Waals surface area contributed by atoms with Crippen molar-refractivity contribution in [1.29, 1.82) is 0 Å². The van der Waals surface area contributed by atoms with Gasteiger partial charge >= 0.3 is 0 Å². The van der Waals surface area contributed by atoms with E-state index in [1.54, 1.807) is 19.1 Å². The molecule has 1 N–H and O–H groups in total. The van der Waals surface area contributed by atoms with Crippen LogP contribution in [0.25, 0.3) is 0 Å². The molecule has 0 unspecified atom stereocenters. The molecule has 0 spiro atoms. The minimum absolute atomic E-state index is 0.0448. The molecule has 1 atom stereocenters. The van der Waals surface area contributed by atoms with Crippen LogP contribution in [-0.4, -0.2) is 22.6 Å². The van der Waals surface area contributed by atoms with Crippen molar-refractivity contribution < 1.29 is 13.6 Å². The van der Waals surface area contributed by atoms with Crippen molar-refractivity contribution in [1.82, 2.24) is 10.2 Å². The van der Waals surface area contributed by atoms with Gasteiger partial charge in [0, 0.05) is 25.6 Å².